The van der Waals surface area contributed by atoms with Crippen LogP contribution in [0.2, 0.25) is 0 Å². The van der Waals surface area contributed by atoms with Gasteiger partial charge in [-0.1, -0.05) is 12.1 Å². The van der Waals surface area contributed by atoms with Gasteiger partial charge in [0.25, 0.3) is 0 Å². The summed E-state index contributed by atoms with van der Waals surface area (Å²) in [5, 5.41) is 0. The Morgan fingerprint density at radius 1 is 1.08 bits per heavy atom. The first-order valence-corrected chi connectivity index (χ1v) is 9.48. The molecule has 0 bridgehead atoms. The van der Waals surface area contributed by atoms with Crippen molar-refractivity contribution in [1.82, 2.24) is 0 Å². The minimum atomic E-state index is -0.849. The van der Waals surface area contributed by atoms with Crippen molar-refractivity contribution in [2.24, 2.45) is 11.8 Å². The van der Waals surface area contributed by atoms with Crippen molar-refractivity contribution in [2.75, 3.05) is 13.2 Å². The molecule has 138 valence electrons. The Morgan fingerprint density at radius 3 is 2.40 bits per heavy atom. The van der Waals surface area contributed by atoms with Crippen LogP contribution in [0.15, 0.2) is 24.8 Å². The zero-order valence-electron chi connectivity index (χ0n) is 15.0. The minimum Gasteiger partial charge on any atom is -0.491 e. The van der Waals surface area contributed by atoms with E-state index in [0.717, 1.165) is 38.7 Å². The third-order valence-electron chi connectivity index (χ3n) is 5.86. The molecule has 1 aliphatic heterocycles. The SMILES string of the molecule is C=CC1CCC(C2CCC(c3ccc(OCC)c(F)c3F)CC2)CO1. The number of ether oxygens (including phenoxy) is 2. The second-order valence-corrected chi connectivity index (χ2v) is 7.27. The van der Waals surface area contributed by atoms with Crippen LogP contribution in [0.4, 0.5) is 8.78 Å². The van der Waals surface area contributed by atoms with Gasteiger partial charge in [-0.15, -0.1) is 6.58 Å². The maximum absolute atomic E-state index is 14.4. The van der Waals surface area contributed by atoms with Crippen molar-refractivity contribution in [1.29, 1.82) is 0 Å². The van der Waals surface area contributed by atoms with Crippen LogP contribution in [0.3, 0.4) is 0 Å². The summed E-state index contributed by atoms with van der Waals surface area (Å²) in [4.78, 5) is 0. The topological polar surface area (TPSA) is 18.5 Å². The van der Waals surface area contributed by atoms with Crippen LogP contribution in [-0.4, -0.2) is 19.3 Å². The molecule has 1 aromatic carbocycles. The summed E-state index contributed by atoms with van der Waals surface area (Å²) in [5.41, 5.74) is 0.506. The molecule has 2 aliphatic rings. The number of rotatable bonds is 5. The van der Waals surface area contributed by atoms with Crippen molar-refractivity contribution in [3.8, 4) is 5.75 Å². The van der Waals surface area contributed by atoms with Gasteiger partial charge in [0.15, 0.2) is 11.6 Å². The van der Waals surface area contributed by atoms with Crippen molar-refractivity contribution in [3.63, 3.8) is 0 Å². The van der Waals surface area contributed by atoms with E-state index in [1.54, 1.807) is 19.1 Å². The maximum Gasteiger partial charge on any atom is 0.200 e. The van der Waals surface area contributed by atoms with Crippen molar-refractivity contribution in [3.05, 3.63) is 42.0 Å². The summed E-state index contributed by atoms with van der Waals surface area (Å²) in [6.45, 7) is 6.70. The van der Waals surface area contributed by atoms with E-state index in [2.05, 4.69) is 6.58 Å². The van der Waals surface area contributed by atoms with E-state index in [9.17, 15) is 8.78 Å². The molecular formula is C21H28F2O2. The molecule has 1 saturated carbocycles. The fourth-order valence-electron chi connectivity index (χ4n) is 4.38. The summed E-state index contributed by atoms with van der Waals surface area (Å²) in [6, 6.07) is 3.26. The fourth-order valence-corrected chi connectivity index (χ4v) is 4.38. The summed E-state index contributed by atoms with van der Waals surface area (Å²) in [5.74, 6) is -0.237. The Hall–Kier alpha value is -1.42. The van der Waals surface area contributed by atoms with Gasteiger partial charge < -0.3 is 9.47 Å². The predicted octanol–water partition coefficient (Wildman–Crippen LogP) is 5.62. The smallest absolute Gasteiger partial charge is 0.200 e. The summed E-state index contributed by atoms with van der Waals surface area (Å²) in [6.07, 6.45) is 8.26. The van der Waals surface area contributed by atoms with E-state index >= 15 is 0 Å². The van der Waals surface area contributed by atoms with Gasteiger partial charge in [-0.25, -0.2) is 4.39 Å². The number of hydrogen-bond acceptors (Lipinski definition) is 2. The van der Waals surface area contributed by atoms with Gasteiger partial charge in [-0.05, 0) is 74.8 Å². The lowest BCUT2D eigenvalue weighted by Crippen LogP contribution is -2.31. The molecular weight excluding hydrogens is 322 g/mol. The minimum absolute atomic E-state index is 0.00793. The van der Waals surface area contributed by atoms with Gasteiger partial charge >= 0.3 is 0 Å². The Balaban J connectivity index is 1.59. The normalized spacial score (nSPS) is 30.0. The average Bonchev–Trinajstić information content (AvgIpc) is 2.66. The molecule has 1 saturated heterocycles. The molecule has 1 aliphatic carbocycles. The van der Waals surface area contributed by atoms with Crippen LogP contribution in [0.1, 0.15) is 56.9 Å². The highest BCUT2D eigenvalue weighted by Crippen LogP contribution is 2.42. The van der Waals surface area contributed by atoms with Crippen LogP contribution in [0.25, 0.3) is 0 Å². The van der Waals surface area contributed by atoms with Gasteiger partial charge in [0.1, 0.15) is 0 Å². The summed E-state index contributed by atoms with van der Waals surface area (Å²) < 4.78 is 39.5. The summed E-state index contributed by atoms with van der Waals surface area (Å²) in [7, 11) is 0. The zero-order chi connectivity index (χ0) is 17.8. The van der Waals surface area contributed by atoms with Crippen molar-refractivity contribution in [2.45, 2.75) is 57.5 Å². The number of benzene rings is 1. The quantitative estimate of drug-likeness (QED) is 0.642. The van der Waals surface area contributed by atoms with Crippen molar-refractivity contribution >= 4 is 0 Å². The molecule has 1 heterocycles. The van der Waals surface area contributed by atoms with Gasteiger partial charge in [0, 0.05) is 0 Å². The fraction of sp³-hybridized carbons (Fsp3) is 0.619. The first kappa shape index (κ1) is 18.4. The molecule has 1 aromatic rings. The largest absolute Gasteiger partial charge is 0.491 e. The van der Waals surface area contributed by atoms with E-state index in [4.69, 9.17) is 9.47 Å². The molecule has 2 atom stereocenters. The first-order chi connectivity index (χ1) is 12.1. The van der Waals surface area contributed by atoms with E-state index in [0.29, 0.717) is 24.0 Å². The van der Waals surface area contributed by atoms with E-state index in [1.807, 2.05) is 6.08 Å². The zero-order valence-corrected chi connectivity index (χ0v) is 15.0. The monoisotopic (exact) mass is 350 g/mol. The van der Waals surface area contributed by atoms with Crippen LogP contribution in [0, 0.1) is 23.5 Å². The van der Waals surface area contributed by atoms with E-state index in [-0.39, 0.29) is 17.8 Å². The Labute approximate surface area is 149 Å². The lowest BCUT2D eigenvalue weighted by Gasteiger charge is -2.37. The van der Waals surface area contributed by atoms with Crippen LogP contribution in [-0.2, 0) is 4.74 Å². The second-order valence-electron chi connectivity index (χ2n) is 7.27. The standard InChI is InChI=1S/C21H28F2O2/c1-3-17-10-9-16(13-25-17)14-5-7-15(8-6-14)18-11-12-19(24-4-2)21(23)20(18)22/h3,11-12,14-17H,1,4-10,13H2,2H3. The van der Waals surface area contributed by atoms with E-state index in [1.165, 1.54) is 6.42 Å². The number of hydrogen-bond donors (Lipinski definition) is 0. The lowest BCUT2D eigenvalue weighted by molar-refractivity contribution is -0.0148. The highest BCUT2D eigenvalue weighted by Gasteiger charge is 2.32. The molecule has 0 spiro atoms. The molecule has 0 radical (unpaired) electrons. The molecule has 0 amide bonds. The van der Waals surface area contributed by atoms with Gasteiger partial charge in [0.05, 0.1) is 19.3 Å². The Morgan fingerprint density at radius 2 is 1.80 bits per heavy atom. The lowest BCUT2D eigenvalue weighted by atomic mass is 9.72. The highest BCUT2D eigenvalue weighted by atomic mass is 19.2. The van der Waals surface area contributed by atoms with Crippen LogP contribution >= 0.6 is 0 Å². The molecule has 4 heteroatoms. The Kier molecular flexibility index (Phi) is 6.10. The van der Waals surface area contributed by atoms with E-state index < -0.39 is 11.6 Å². The Bertz CT molecular complexity index is 586. The summed E-state index contributed by atoms with van der Waals surface area (Å²) >= 11 is 0. The molecule has 2 nitrogen and oxygen atoms in total. The molecule has 2 fully saturated rings. The van der Waals surface area contributed by atoms with Gasteiger partial charge in [-0.2, -0.15) is 4.39 Å². The van der Waals surface area contributed by atoms with Gasteiger partial charge in [0.2, 0.25) is 5.82 Å². The third-order valence-corrected chi connectivity index (χ3v) is 5.86. The predicted molar refractivity (Wildman–Crippen MR) is 94.9 cm³/mol. The highest BCUT2D eigenvalue weighted by molar-refractivity contribution is 5.33. The molecule has 2 unspecified atom stereocenters. The second kappa shape index (κ2) is 8.31. The molecule has 3 rings (SSSR count). The third kappa shape index (κ3) is 4.05. The van der Waals surface area contributed by atoms with Crippen molar-refractivity contribution < 1.29 is 18.3 Å². The van der Waals surface area contributed by atoms with Crippen LogP contribution in [0.5, 0.6) is 5.75 Å². The van der Waals surface area contributed by atoms with Gasteiger partial charge in [-0.3, -0.25) is 0 Å². The first-order valence-electron chi connectivity index (χ1n) is 9.48. The van der Waals surface area contributed by atoms with Crippen LogP contribution < -0.4 is 4.74 Å². The molecule has 0 N–H and O–H groups in total. The molecule has 25 heavy (non-hydrogen) atoms. The molecule has 0 aromatic heterocycles. The number of halogens is 2. The maximum atomic E-state index is 14.4. The average molecular weight is 350 g/mol.